The number of benzene rings is 2. The summed E-state index contributed by atoms with van der Waals surface area (Å²) in [4.78, 5) is 2.17. The molecule has 0 unspecified atom stereocenters. The smallest absolute Gasteiger partial charge is 0.231 e. The van der Waals surface area contributed by atoms with Crippen LogP contribution in [-0.4, -0.2) is 49.3 Å². The first-order valence-electron chi connectivity index (χ1n) is 9.28. The Morgan fingerprint density at radius 2 is 1.71 bits per heavy atom. The van der Waals surface area contributed by atoms with Crippen LogP contribution in [0.4, 0.5) is 0 Å². The van der Waals surface area contributed by atoms with Crippen LogP contribution in [0.5, 0.6) is 23.0 Å². The minimum absolute atomic E-state index is 0.103. The van der Waals surface area contributed by atoms with Crippen molar-refractivity contribution in [3.8, 4) is 23.0 Å². The molecule has 0 bridgehead atoms. The van der Waals surface area contributed by atoms with E-state index >= 15 is 0 Å². The second kappa shape index (κ2) is 6.27. The number of aliphatic hydroxyl groups excluding tert-OH is 2. The highest BCUT2D eigenvalue weighted by Gasteiger charge is 2.48. The zero-order valence-electron chi connectivity index (χ0n) is 16.0. The normalized spacial score (nSPS) is 27.6. The molecular weight excluding hydrogens is 362 g/mol. The van der Waals surface area contributed by atoms with E-state index in [0.717, 1.165) is 16.7 Å². The van der Waals surface area contributed by atoms with Gasteiger partial charge < -0.3 is 29.2 Å². The van der Waals surface area contributed by atoms with Crippen LogP contribution in [0.2, 0.25) is 0 Å². The predicted octanol–water partition coefficient (Wildman–Crippen LogP) is 2.11. The molecule has 4 atom stereocenters. The summed E-state index contributed by atoms with van der Waals surface area (Å²) in [5.74, 6) is 2.30. The largest absolute Gasteiger partial charge is 0.493 e. The lowest BCUT2D eigenvalue weighted by Crippen LogP contribution is -2.45. The summed E-state index contributed by atoms with van der Waals surface area (Å²) in [7, 11) is 5.24. The monoisotopic (exact) mass is 385 g/mol. The lowest BCUT2D eigenvalue weighted by Gasteiger charge is -2.48. The van der Waals surface area contributed by atoms with E-state index in [1.807, 2.05) is 25.2 Å². The highest BCUT2D eigenvalue weighted by Crippen LogP contribution is 2.55. The average molecular weight is 385 g/mol. The summed E-state index contributed by atoms with van der Waals surface area (Å²) < 4.78 is 22.1. The third kappa shape index (κ3) is 2.27. The lowest BCUT2D eigenvalue weighted by molar-refractivity contribution is -0.0382. The van der Waals surface area contributed by atoms with Crippen LogP contribution in [0.3, 0.4) is 0 Å². The molecule has 2 aromatic carbocycles. The van der Waals surface area contributed by atoms with Gasteiger partial charge in [-0.1, -0.05) is 6.07 Å². The molecule has 3 aliphatic rings. The quantitative estimate of drug-likeness (QED) is 0.820. The van der Waals surface area contributed by atoms with Crippen LogP contribution in [0.25, 0.3) is 0 Å². The van der Waals surface area contributed by atoms with Crippen LogP contribution >= 0.6 is 0 Å². The van der Waals surface area contributed by atoms with Crippen LogP contribution in [-0.2, 0) is 6.54 Å². The molecule has 5 rings (SSSR count). The number of ether oxygens (including phenoxy) is 4. The first-order valence-corrected chi connectivity index (χ1v) is 9.28. The fourth-order valence-electron chi connectivity index (χ4n) is 4.94. The van der Waals surface area contributed by atoms with E-state index < -0.39 is 12.2 Å². The van der Waals surface area contributed by atoms with Gasteiger partial charge >= 0.3 is 0 Å². The van der Waals surface area contributed by atoms with Gasteiger partial charge in [-0.3, -0.25) is 4.90 Å². The standard InChI is InChI=1S/C21H23NO6/c1-22-8-13-10(4-5-14(25-2)21(13)26-3)17-18(22)11-6-15-16(28-9-27-15)7-12(11)19(23)20(17)24/h4-7,17-20,23-24H,8-9H2,1-3H3/t17-,18-,19-,20-/m1/s1. The van der Waals surface area contributed by atoms with Crippen molar-refractivity contribution in [1.29, 1.82) is 0 Å². The van der Waals surface area contributed by atoms with E-state index in [0.29, 0.717) is 35.1 Å². The molecule has 0 radical (unpaired) electrons. The third-order valence-corrected chi connectivity index (χ3v) is 6.17. The Labute approximate surface area is 163 Å². The Morgan fingerprint density at radius 3 is 2.39 bits per heavy atom. The summed E-state index contributed by atoms with van der Waals surface area (Å²) >= 11 is 0. The van der Waals surface area contributed by atoms with Gasteiger partial charge in [-0.2, -0.15) is 0 Å². The van der Waals surface area contributed by atoms with Crippen molar-refractivity contribution in [2.45, 2.75) is 30.7 Å². The van der Waals surface area contributed by atoms with Crippen molar-refractivity contribution in [3.05, 3.63) is 46.5 Å². The number of methoxy groups -OCH3 is 2. The number of aliphatic hydroxyl groups is 2. The van der Waals surface area contributed by atoms with Gasteiger partial charge in [0.25, 0.3) is 0 Å². The molecule has 2 aliphatic heterocycles. The maximum Gasteiger partial charge on any atom is 0.231 e. The minimum atomic E-state index is -1.02. The molecule has 7 nitrogen and oxygen atoms in total. The Kier molecular flexibility index (Phi) is 3.94. The average Bonchev–Trinajstić information content (AvgIpc) is 3.16. The van der Waals surface area contributed by atoms with Crippen molar-refractivity contribution < 1.29 is 29.2 Å². The fraction of sp³-hybridized carbons (Fsp3) is 0.429. The molecule has 0 aromatic heterocycles. The van der Waals surface area contributed by atoms with E-state index in [1.54, 1.807) is 20.3 Å². The highest BCUT2D eigenvalue weighted by atomic mass is 16.7. The number of hydrogen-bond donors (Lipinski definition) is 2. The molecule has 1 aliphatic carbocycles. The molecule has 0 saturated heterocycles. The predicted molar refractivity (Wildman–Crippen MR) is 100 cm³/mol. The van der Waals surface area contributed by atoms with Gasteiger partial charge in [0.15, 0.2) is 23.0 Å². The number of fused-ring (bicyclic) bond motifs is 6. The van der Waals surface area contributed by atoms with Gasteiger partial charge in [0.2, 0.25) is 6.79 Å². The molecule has 0 spiro atoms. The van der Waals surface area contributed by atoms with E-state index in [4.69, 9.17) is 18.9 Å². The van der Waals surface area contributed by atoms with Crippen LogP contribution < -0.4 is 18.9 Å². The van der Waals surface area contributed by atoms with E-state index in [1.165, 1.54) is 0 Å². The molecule has 7 heteroatoms. The molecular formula is C21H23NO6. The number of likely N-dealkylation sites (N-methyl/N-ethyl adjacent to an activating group) is 1. The summed E-state index contributed by atoms with van der Waals surface area (Å²) in [6.45, 7) is 0.800. The maximum absolute atomic E-state index is 11.1. The third-order valence-electron chi connectivity index (χ3n) is 6.17. The first kappa shape index (κ1) is 17.6. The van der Waals surface area contributed by atoms with Crippen molar-refractivity contribution in [2.75, 3.05) is 28.1 Å². The van der Waals surface area contributed by atoms with Gasteiger partial charge in [0, 0.05) is 24.1 Å². The molecule has 2 heterocycles. The summed E-state index contributed by atoms with van der Waals surface area (Å²) in [5.41, 5.74) is 3.58. The van der Waals surface area contributed by atoms with Crippen LogP contribution in [0.1, 0.15) is 40.3 Å². The van der Waals surface area contributed by atoms with Crippen molar-refractivity contribution in [3.63, 3.8) is 0 Å². The zero-order chi connectivity index (χ0) is 19.6. The van der Waals surface area contributed by atoms with Gasteiger partial charge in [-0.05, 0) is 41.9 Å². The number of hydrogen-bond acceptors (Lipinski definition) is 7. The molecule has 0 saturated carbocycles. The Morgan fingerprint density at radius 1 is 1.00 bits per heavy atom. The summed E-state index contributed by atoms with van der Waals surface area (Å²) in [5, 5.41) is 22.0. The molecule has 2 aromatic rings. The molecule has 28 heavy (non-hydrogen) atoms. The number of rotatable bonds is 2. The van der Waals surface area contributed by atoms with Gasteiger partial charge in [-0.25, -0.2) is 0 Å². The van der Waals surface area contributed by atoms with E-state index in [-0.39, 0.29) is 18.8 Å². The van der Waals surface area contributed by atoms with Gasteiger partial charge in [0.1, 0.15) is 6.10 Å². The van der Waals surface area contributed by atoms with E-state index in [2.05, 4.69) is 4.90 Å². The fourth-order valence-corrected chi connectivity index (χ4v) is 4.94. The molecule has 148 valence electrons. The van der Waals surface area contributed by atoms with Crippen LogP contribution in [0.15, 0.2) is 24.3 Å². The van der Waals surface area contributed by atoms with Crippen molar-refractivity contribution in [2.24, 2.45) is 0 Å². The molecule has 0 amide bonds. The number of nitrogens with zero attached hydrogens (tertiary/aromatic N) is 1. The maximum atomic E-state index is 11.1. The van der Waals surface area contributed by atoms with Crippen molar-refractivity contribution in [1.82, 2.24) is 4.90 Å². The van der Waals surface area contributed by atoms with Gasteiger partial charge in [-0.15, -0.1) is 0 Å². The van der Waals surface area contributed by atoms with Gasteiger partial charge in [0.05, 0.1) is 20.3 Å². The SMILES string of the molecule is COc1ccc2c(c1OC)CN(C)[C@@H]1c3cc4c(cc3[C@@H](O)[C@H](O)[C@H]21)OCO4. The topological polar surface area (TPSA) is 80.6 Å². The zero-order valence-corrected chi connectivity index (χ0v) is 16.0. The highest BCUT2D eigenvalue weighted by molar-refractivity contribution is 5.58. The Hall–Kier alpha value is -2.48. The van der Waals surface area contributed by atoms with Crippen LogP contribution in [0, 0.1) is 0 Å². The second-order valence-electron chi connectivity index (χ2n) is 7.52. The summed E-state index contributed by atoms with van der Waals surface area (Å²) in [6.07, 6.45) is -1.98. The second-order valence-corrected chi connectivity index (χ2v) is 7.52. The Bertz CT molecular complexity index is 945. The van der Waals surface area contributed by atoms with E-state index in [9.17, 15) is 10.2 Å². The van der Waals surface area contributed by atoms with Crippen molar-refractivity contribution >= 4 is 0 Å². The molecule has 2 N–H and O–H groups in total. The first-order chi connectivity index (χ1) is 13.5. The minimum Gasteiger partial charge on any atom is -0.493 e. The lowest BCUT2D eigenvalue weighted by atomic mass is 9.69. The molecule has 0 fully saturated rings. The Balaban J connectivity index is 1.70. The summed E-state index contributed by atoms with van der Waals surface area (Å²) in [6, 6.07) is 7.45.